The number of imidazole rings is 1. The van der Waals surface area contributed by atoms with Crippen molar-refractivity contribution < 1.29 is 0 Å². The molecule has 0 atom stereocenters. The summed E-state index contributed by atoms with van der Waals surface area (Å²) in [7, 11) is 0. The van der Waals surface area contributed by atoms with Crippen LogP contribution in [0, 0.1) is 0 Å². The van der Waals surface area contributed by atoms with Crippen molar-refractivity contribution in [3.8, 4) is 0 Å². The summed E-state index contributed by atoms with van der Waals surface area (Å²) in [4.78, 5) is 16.9. The maximum atomic E-state index is 4.62. The van der Waals surface area contributed by atoms with Gasteiger partial charge in [-0.05, 0) is 31.2 Å². The third-order valence-electron chi connectivity index (χ3n) is 3.80. The van der Waals surface area contributed by atoms with Crippen LogP contribution in [0.4, 0.5) is 0 Å². The van der Waals surface area contributed by atoms with Crippen molar-refractivity contribution in [2.24, 2.45) is 4.99 Å². The van der Waals surface area contributed by atoms with Crippen LogP contribution in [-0.4, -0.2) is 40.5 Å². The van der Waals surface area contributed by atoms with Crippen LogP contribution in [0.15, 0.2) is 53.7 Å². The smallest absolute Gasteiger partial charge is 0.191 e. The molecule has 3 N–H and O–H groups in total. The molecule has 1 aromatic carbocycles. The summed E-state index contributed by atoms with van der Waals surface area (Å²) in [6.07, 6.45) is 3.47. The number of fused-ring (bicyclic) bond motifs is 1. The predicted octanol–water partition coefficient (Wildman–Crippen LogP) is 2.92. The van der Waals surface area contributed by atoms with Crippen molar-refractivity contribution >= 4 is 41.0 Å². The van der Waals surface area contributed by atoms with E-state index >= 15 is 0 Å². The van der Waals surface area contributed by atoms with Gasteiger partial charge in [0.1, 0.15) is 5.82 Å². The normalized spacial score (nSPS) is 11.2. The first-order chi connectivity index (χ1) is 12.3. The Hall–Kier alpha value is -2.16. The first kappa shape index (κ1) is 20.2. The van der Waals surface area contributed by atoms with E-state index in [2.05, 4.69) is 37.5 Å². The molecule has 7 heteroatoms. The minimum absolute atomic E-state index is 0. The summed E-state index contributed by atoms with van der Waals surface area (Å²) in [5, 5.41) is 6.62. The van der Waals surface area contributed by atoms with E-state index in [9.17, 15) is 0 Å². The third kappa shape index (κ3) is 5.98. The zero-order chi connectivity index (χ0) is 17.3. The Bertz CT molecular complexity index is 782. The molecule has 0 saturated heterocycles. The van der Waals surface area contributed by atoms with E-state index in [0.717, 1.165) is 54.4 Å². The average molecular weight is 464 g/mol. The first-order valence-electron chi connectivity index (χ1n) is 8.71. The van der Waals surface area contributed by atoms with Crippen LogP contribution in [-0.2, 0) is 12.8 Å². The lowest BCUT2D eigenvalue weighted by Crippen LogP contribution is -2.38. The van der Waals surface area contributed by atoms with Crippen molar-refractivity contribution in [3.05, 3.63) is 60.2 Å². The molecular formula is C19H25IN6. The fourth-order valence-corrected chi connectivity index (χ4v) is 2.59. The quantitative estimate of drug-likeness (QED) is 0.286. The Morgan fingerprint density at radius 2 is 1.92 bits per heavy atom. The van der Waals surface area contributed by atoms with Crippen molar-refractivity contribution in [2.45, 2.75) is 19.8 Å². The number of aliphatic imine (C=N–C) groups is 1. The fraction of sp³-hybridized carbons (Fsp3) is 0.316. The Labute approximate surface area is 171 Å². The number of rotatable bonds is 7. The molecule has 0 aliphatic carbocycles. The van der Waals surface area contributed by atoms with Gasteiger partial charge in [-0.1, -0.05) is 18.2 Å². The van der Waals surface area contributed by atoms with E-state index < -0.39 is 0 Å². The monoisotopic (exact) mass is 464 g/mol. The van der Waals surface area contributed by atoms with Crippen LogP contribution in [0.5, 0.6) is 0 Å². The number of pyridine rings is 1. The van der Waals surface area contributed by atoms with E-state index in [-0.39, 0.29) is 24.0 Å². The standard InChI is InChI=1S/C19H24N6.HI/c1-2-20-19(22-13-10-15-7-5-6-12-21-15)23-14-11-18-24-16-8-3-4-9-17(16)25-18;/h3-9,12H,2,10-11,13-14H2,1H3,(H,24,25)(H2,20,22,23);1H. The van der Waals surface area contributed by atoms with Gasteiger partial charge in [-0.25, -0.2) is 4.98 Å². The molecule has 6 nitrogen and oxygen atoms in total. The first-order valence-corrected chi connectivity index (χ1v) is 8.71. The van der Waals surface area contributed by atoms with E-state index in [1.165, 1.54) is 0 Å². The minimum atomic E-state index is 0. The molecule has 138 valence electrons. The van der Waals surface area contributed by atoms with Gasteiger partial charge in [0.15, 0.2) is 5.96 Å². The summed E-state index contributed by atoms with van der Waals surface area (Å²) >= 11 is 0. The molecule has 0 spiro atoms. The summed E-state index contributed by atoms with van der Waals surface area (Å²) in [5.41, 5.74) is 3.15. The van der Waals surface area contributed by atoms with E-state index in [1.807, 2.05) is 48.7 Å². The van der Waals surface area contributed by atoms with Crippen LogP contribution in [0.25, 0.3) is 11.0 Å². The van der Waals surface area contributed by atoms with Gasteiger partial charge in [-0.3, -0.25) is 9.98 Å². The second-order valence-corrected chi connectivity index (χ2v) is 5.71. The Balaban J connectivity index is 0.00000243. The highest BCUT2D eigenvalue weighted by Crippen LogP contribution is 2.10. The lowest BCUT2D eigenvalue weighted by molar-refractivity contribution is 0.782. The molecule has 2 aromatic heterocycles. The van der Waals surface area contributed by atoms with Gasteiger partial charge in [0.05, 0.1) is 11.0 Å². The van der Waals surface area contributed by atoms with Crippen molar-refractivity contribution in [1.82, 2.24) is 25.6 Å². The SMILES string of the molecule is CCNC(=NCCc1nc2ccccc2[nH]1)NCCc1ccccn1.I. The van der Waals surface area contributed by atoms with E-state index in [1.54, 1.807) is 0 Å². The number of benzene rings is 1. The topological polar surface area (TPSA) is 78.0 Å². The van der Waals surface area contributed by atoms with Crippen LogP contribution in [0.3, 0.4) is 0 Å². The van der Waals surface area contributed by atoms with Crippen molar-refractivity contribution in [2.75, 3.05) is 19.6 Å². The second kappa shape index (κ2) is 10.7. The number of hydrogen-bond donors (Lipinski definition) is 3. The Kier molecular flexibility index (Phi) is 8.33. The number of halogens is 1. The number of nitrogens with zero attached hydrogens (tertiary/aromatic N) is 3. The summed E-state index contributed by atoms with van der Waals surface area (Å²) in [6.45, 7) is 4.38. The Morgan fingerprint density at radius 3 is 2.69 bits per heavy atom. The molecule has 0 aliphatic heterocycles. The third-order valence-corrected chi connectivity index (χ3v) is 3.80. The van der Waals surface area contributed by atoms with Gasteiger partial charge >= 0.3 is 0 Å². The minimum Gasteiger partial charge on any atom is -0.357 e. The van der Waals surface area contributed by atoms with Gasteiger partial charge in [0.25, 0.3) is 0 Å². The highest BCUT2D eigenvalue weighted by Gasteiger charge is 2.02. The molecule has 0 amide bonds. The zero-order valence-electron chi connectivity index (χ0n) is 14.9. The molecule has 3 aromatic rings. The average Bonchev–Trinajstić information content (AvgIpc) is 3.05. The molecule has 2 heterocycles. The number of aromatic nitrogens is 3. The summed E-state index contributed by atoms with van der Waals surface area (Å²) in [6, 6.07) is 14.0. The van der Waals surface area contributed by atoms with Crippen molar-refractivity contribution in [1.29, 1.82) is 0 Å². The molecule has 0 radical (unpaired) electrons. The van der Waals surface area contributed by atoms with Gasteiger partial charge in [0.2, 0.25) is 0 Å². The molecule has 3 rings (SSSR count). The maximum absolute atomic E-state index is 4.62. The highest BCUT2D eigenvalue weighted by atomic mass is 127. The Morgan fingerprint density at radius 1 is 1.08 bits per heavy atom. The number of H-pyrrole nitrogens is 1. The summed E-state index contributed by atoms with van der Waals surface area (Å²) < 4.78 is 0. The number of guanidine groups is 1. The predicted molar refractivity (Wildman–Crippen MR) is 117 cm³/mol. The fourth-order valence-electron chi connectivity index (χ4n) is 2.59. The number of hydrogen-bond acceptors (Lipinski definition) is 3. The van der Waals surface area contributed by atoms with Gasteiger partial charge in [-0.2, -0.15) is 0 Å². The molecule has 26 heavy (non-hydrogen) atoms. The van der Waals surface area contributed by atoms with Crippen LogP contribution >= 0.6 is 24.0 Å². The molecule has 0 aliphatic rings. The zero-order valence-corrected chi connectivity index (χ0v) is 17.2. The lowest BCUT2D eigenvalue weighted by Gasteiger charge is -2.10. The number of aromatic amines is 1. The van der Waals surface area contributed by atoms with Gasteiger partial charge < -0.3 is 15.6 Å². The van der Waals surface area contributed by atoms with E-state index in [0.29, 0.717) is 6.54 Å². The van der Waals surface area contributed by atoms with E-state index in [4.69, 9.17) is 0 Å². The highest BCUT2D eigenvalue weighted by molar-refractivity contribution is 14.0. The summed E-state index contributed by atoms with van der Waals surface area (Å²) in [5.74, 6) is 1.80. The van der Waals surface area contributed by atoms with Gasteiger partial charge in [-0.15, -0.1) is 24.0 Å². The largest absolute Gasteiger partial charge is 0.357 e. The van der Waals surface area contributed by atoms with Crippen LogP contribution in [0.2, 0.25) is 0 Å². The maximum Gasteiger partial charge on any atom is 0.191 e. The van der Waals surface area contributed by atoms with Crippen LogP contribution in [0.1, 0.15) is 18.4 Å². The van der Waals surface area contributed by atoms with Crippen molar-refractivity contribution in [3.63, 3.8) is 0 Å². The molecule has 0 saturated carbocycles. The number of nitrogens with one attached hydrogen (secondary N) is 3. The molecule has 0 unspecified atom stereocenters. The van der Waals surface area contributed by atoms with Gasteiger partial charge in [0, 0.05) is 44.4 Å². The van der Waals surface area contributed by atoms with Crippen LogP contribution < -0.4 is 10.6 Å². The molecule has 0 bridgehead atoms. The molecule has 0 fully saturated rings. The molecular weight excluding hydrogens is 439 g/mol. The number of para-hydroxylation sites is 2. The lowest BCUT2D eigenvalue weighted by atomic mass is 10.3. The second-order valence-electron chi connectivity index (χ2n) is 5.71.